The summed E-state index contributed by atoms with van der Waals surface area (Å²) < 4.78 is 5.92. The van der Waals surface area contributed by atoms with Crippen LogP contribution in [0.3, 0.4) is 0 Å². The van der Waals surface area contributed by atoms with Crippen molar-refractivity contribution in [3.63, 3.8) is 0 Å². The Hall–Kier alpha value is -3.31. The zero-order valence-corrected chi connectivity index (χ0v) is 19.1. The molecule has 0 aromatic heterocycles. The molecule has 3 aromatic rings. The van der Waals surface area contributed by atoms with Crippen LogP contribution < -0.4 is 4.74 Å². The number of benzene rings is 3. The van der Waals surface area contributed by atoms with E-state index in [2.05, 4.69) is 13.0 Å². The van der Waals surface area contributed by atoms with Gasteiger partial charge in [-0.15, -0.1) is 0 Å². The lowest BCUT2D eigenvalue weighted by Gasteiger charge is -2.19. The van der Waals surface area contributed by atoms with Gasteiger partial charge >= 0.3 is 5.97 Å². The van der Waals surface area contributed by atoms with E-state index in [1.54, 1.807) is 38.4 Å². The summed E-state index contributed by atoms with van der Waals surface area (Å²) in [7, 11) is 3.24. The number of ether oxygens (including phenoxy) is 1. The van der Waals surface area contributed by atoms with Crippen molar-refractivity contribution in [3.8, 4) is 16.9 Å². The number of halogens is 1. The van der Waals surface area contributed by atoms with E-state index >= 15 is 0 Å². The van der Waals surface area contributed by atoms with Crippen LogP contribution in [0, 0.1) is 6.92 Å². The fraction of sp³-hybridized carbons (Fsp3) is 0.231. The van der Waals surface area contributed by atoms with Gasteiger partial charge in [-0.25, -0.2) is 0 Å². The van der Waals surface area contributed by atoms with Crippen LogP contribution in [0.25, 0.3) is 11.1 Å². The van der Waals surface area contributed by atoms with Crippen LogP contribution in [0.5, 0.6) is 5.75 Å². The van der Waals surface area contributed by atoms with Crippen LogP contribution in [-0.2, 0) is 16.2 Å². The zero-order valence-electron chi connectivity index (χ0n) is 18.3. The molecule has 0 heterocycles. The lowest BCUT2D eigenvalue weighted by atomic mass is 9.94. The summed E-state index contributed by atoms with van der Waals surface area (Å²) in [6.45, 7) is 2.43. The van der Waals surface area contributed by atoms with Crippen LogP contribution in [0.4, 0.5) is 0 Å². The maximum atomic E-state index is 12.4. The Morgan fingerprint density at radius 3 is 2.41 bits per heavy atom. The maximum Gasteiger partial charge on any atom is 0.304 e. The van der Waals surface area contributed by atoms with Crippen molar-refractivity contribution in [2.45, 2.75) is 25.9 Å². The third-order valence-corrected chi connectivity index (χ3v) is 5.48. The number of carbonyl (C=O) groups excluding carboxylic acids is 1. The number of aliphatic carboxylic acids is 1. The van der Waals surface area contributed by atoms with E-state index in [9.17, 15) is 14.7 Å². The number of carbonyl (C=O) groups is 2. The minimum absolute atomic E-state index is 0.241. The number of hydrogen-bond acceptors (Lipinski definition) is 3. The van der Waals surface area contributed by atoms with Crippen molar-refractivity contribution in [1.82, 2.24) is 4.90 Å². The average Bonchev–Trinajstić information content (AvgIpc) is 2.77. The second kappa shape index (κ2) is 10.3. The normalized spacial score (nSPS) is 11.6. The third-order valence-electron chi connectivity index (χ3n) is 5.24. The molecular formula is C26H26ClNO4. The number of rotatable bonds is 8. The highest BCUT2D eigenvalue weighted by atomic mass is 35.5. The van der Waals surface area contributed by atoms with Gasteiger partial charge in [0.05, 0.1) is 12.3 Å². The molecule has 5 nitrogen and oxygen atoms in total. The first-order valence-corrected chi connectivity index (χ1v) is 10.6. The number of aryl methyl sites for hydroxylation is 1. The van der Waals surface area contributed by atoms with Crippen LogP contribution in [0.2, 0.25) is 5.02 Å². The first-order valence-electron chi connectivity index (χ1n) is 10.3. The molecule has 0 saturated carbocycles. The molecule has 0 aliphatic heterocycles. The Morgan fingerprint density at radius 1 is 1.03 bits per heavy atom. The largest absolute Gasteiger partial charge is 0.489 e. The second-order valence-corrected chi connectivity index (χ2v) is 8.34. The van der Waals surface area contributed by atoms with Crippen molar-refractivity contribution >= 4 is 23.5 Å². The third kappa shape index (κ3) is 5.89. The van der Waals surface area contributed by atoms with Gasteiger partial charge in [0.2, 0.25) is 5.91 Å². The first kappa shape index (κ1) is 23.4. The summed E-state index contributed by atoms with van der Waals surface area (Å²) >= 11 is 6.17. The van der Waals surface area contributed by atoms with Gasteiger partial charge in [-0.05, 0) is 65.1 Å². The molecule has 6 heteroatoms. The molecule has 0 fully saturated rings. The number of hydrogen-bond donors (Lipinski definition) is 1. The highest BCUT2D eigenvalue weighted by molar-refractivity contribution is 6.30. The lowest BCUT2D eigenvalue weighted by Crippen LogP contribution is -2.29. The zero-order chi connectivity index (χ0) is 23.3. The molecule has 1 atom stereocenters. The molecule has 1 amide bonds. The van der Waals surface area contributed by atoms with E-state index in [4.69, 9.17) is 16.3 Å². The van der Waals surface area contributed by atoms with Crippen molar-refractivity contribution in [2.75, 3.05) is 14.1 Å². The highest BCUT2D eigenvalue weighted by Gasteiger charge is 2.25. The van der Waals surface area contributed by atoms with Gasteiger partial charge in [0.25, 0.3) is 0 Å². The van der Waals surface area contributed by atoms with Gasteiger partial charge in [-0.1, -0.05) is 48.0 Å². The Bertz CT molecular complexity index is 1110. The number of carboxylic acids is 1. The standard InChI is InChI=1S/C26H26ClNO4/c1-17-7-10-21(27)14-23(17)20-6-4-5-18(13-20)16-32-22-11-8-19(9-12-22)24(15-25(29)30)26(31)28(2)3/h4-14,24H,15-16H2,1-3H3,(H,29,30)/t24-/m0/s1. The van der Waals surface area contributed by atoms with E-state index in [1.165, 1.54) is 4.90 Å². The lowest BCUT2D eigenvalue weighted by molar-refractivity contribution is -0.141. The summed E-state index contributed by atoms with van der Waals surface area (Å²) in [5, 5.41) is 9.87. The van der Waals surface area contributed by atoms with Crippen molar-refractivity contribution in [2.24, 2.45) is 0 Å². The number of nitrogens with zero attached hydrogens (tertiary/aromatic N) is 1. The van der Waals surface area contributed by atoms with Crippen LogP contribution >= 0.6 is 11.6 Å². The molecule has 0 unspecified atom stereocenters. The highest BCUT2D eigenvalue weighted by Crippen LogP contribution is 2.28. The van der Waals surface area contributed by atoms with Gasteiger partial charge in [0.15, 0.2) is 0 Å². The molecule has 0 bridgehead atoms. The fourth-order valence-corrected chi connectivity index (χ4v) is 3.70. The molecule has 32 heavy (non-hydrogen) atoms. The molecule has 1 N–H and O–H groups in total. The smallest absolute Gasteiger partial charge is 0.304 e. The van der Waals surface area contributed by atoms with Gasteiger partial charge in [-0.3, -0.25) is 9.59 Å². The molecule has 3 aromatic carbocycles. The summed E-state index contributed by atoms with van der Waals surface area (Å²) in [6, 6.07) is 21.0. The van der Waals surface area contributed by atoms with E-state index in [0.29, 0.717) is 22.9 Å². The topological polar surface area (TPSA) is 66.8 Å². The Morgan fingerprint density at radius 2 is 1.75 bits per heavy atom. The first-order chi connectivity index (χ1) is 15.2. The summed E-state index contributed by atoms with van der Waals surface area (Å²) in [5.41, 5.74) is 4.96. The number of likely N-dealkylation sites (N-methyl/N-ethyl adjacent to an activating group) is 1. The average molecular weight is 452 g/mol. The van der Waals surface area contributed by atoms with Crippen LogP contribution in [-0.4, -0.2) is 36.0 Å². The summed E-state index contributed by atoms with van der Waals surface area (Å²) in [5.74, 6) is -1.34. The number of carboxylic acid groups (broad SMARTS) is 1. The quantitative estimate of drug-likeness (QED) is 0.488. The predicted molar refractivity (Wildman–Crippen MR) is 126 cm³/mol. The molecule has 0 aliphatic carbocycles. The predicted octanol–water partition coefficient (Wildman–Crippen LogP) is 5.54. The van der Waals surface area contributed by atoms with Gasteiger partial charge in [0, 0.05) is 19.1 Å². The van der Waals surface area contributed by atoms with Gasteiger partial charge in [0.1, 0.15) is 12.4 Å². The summed E-state index contributed by atoms with van der Waals surface area (Å²) in [6.07, 6.45) is -0.257. The van der Waals surface area contributed by atoms with Crippen LogP contribution in [0.15, 0.2) is 66.7 Å². The van der Waals surface area contributed by atoms with Crippen molar-refractivity contribution < 1.29 is 19.4 Å². The number of amides is 1. The minimum Gasteiger partial charge on any atom is -0.489 e. The van der Waals surface area contributed by atoms with Crippen molar-refractivity contribution in [3.05, 3.63) is 88.4 Å². The molecule has 0 aliphatic rings. The van der Waals surface area contributed by atoms with E-state index in [0.717, 1.165) is 22.3 Å². The SMILES string of the molecule is Cc1ccc(Cl)cc1-c1cccc(COc2ccc([C@H](CC(=O)O)C(=O)N(C)C)cc2)c1. The Balaban J connectivity index is 1.72. The van der Waals surface area contributed by atoms with E-state index in [-0.39, 0.29) is 12.3 Å². The molecule has 0 saturated heterocycles. The minimum atomic E-state index is -1.01. The maximum absolute atomic E-state index is 12.4. The second-order valence-electron chi connectivity index (χ2n) is 7.90. The van der Waals surface area contributed by atoms with E-state index < -0.39 is 11.9 Å². The Kier molecular flexibility index (Phi) is 7.54. The van der Waals surface area contributed by atoms with Gasteiger partial charge in [-0.2, -0.15) is 0 Å². The summed E-state index contributed by atoms with van der Waals surface area (Å²) in [4.78, 5) is 25.0. The molecule has 3 rings (SSSR count). The van der Waals surface area contributed by atoms with E-state index in [1.807, 2.05) is 36.4 Å². The molecule has 0 spiro atoms. The van der Waals surface area contributed by atoms with Crippen LogP contribution in [0.1, 0.15) is 29.0 Å². The molecule has 166 valence electrons. The Labute approximate surface area is 193 Å². The molecular weight excluding hydrogens is 426 g/mol. The molecule has 0 radical (unpaired) electrons. The van der Waals surface area contributed by atoms with Gasteiger partial charge < -0.3 is 14.7 Å². The fourth-order valence-electron chi connectivity index (χ4n) is 3.53. The van der Waals surface area contributed by atoms with Crippen molar-refractivity contribution in [1.29, 1.82) is 0 Å². The monoisotopic (exact) mass is 451 g/mol.